The topological polar surface area (TPSA) is 41.6 Å². The zero-order valence-corrected chi connectivity index (χ0v) is 12.6. The molecule has 0 bridgehead atoms. The van der Waals surface area contributed by atoms with Gasteiger partial charge in [-0.25, -0.2) is 0 Å². The maximum atomic E-state index is 12.5. The Morgan fingerprint density at radius 2 is 1.65 bits per heavy atom. The molecular formula is C16H19F3N2O2. The minimum Gasteiger partial charge on any atom is -0.406 e. The molecule has 0 unspecified atom stereocenters. The Morgan fingerprint density at radius 3 is 2.17 bits per heavy atom. The number of alkyl halides is 3. The maximum Gasteiger partial charge on any atom is 0.573 e. The Hall–Kier alpha value is -1.76. The number of halogens is 3. The van der Waals surface area contributed by atoms with Crippen molar-refractivity contribution in [1.29, 1.82) is 0 Å². The normalized spacial score (nSPS) is 24.9. The number of ether oxygens (including phenoxy) is 1. The SMILES string of the molecule is O=C(c1ccc(OC(F)(F)F)cc1)N1CC[C@@H]2CNC[C@@H]2CC1. The van der Waals surface area contributed by atoms with Gasteiger partial charge in [-0.15, -0.1) is 13.2 Å². The highest BCUT2D eigenvalue weighted by Crippen LogP contribution is 2.28. The predicted molar refractivity (Wildman–Crippen MR) is 78.1 cm³/mol. The molecule has 3 rings (SSSR count). The Bertz CT molecular complexity index is 545. The molecule has 0 radical (unpaired) electrons. The number of likely N-dealkylation sites (tertiary alicyclic amines) is 1. The fraction of sp³-hybridized carbons (Fsp3) is 0.562. The van der Waals surface area contributed by atoms with E-state index in [9.17, 15) is 18.0 Å². The van der Waals surface area contributed by atoms with Crippen molar-refractivity contribution in [1.82, 2.24) is 10.2 Å². The van der Waals surface area contributed by atoms with Crippen LogP contribution in [0.15, 0.2) is 24.3 Å². The van der Waals surface area contributed by atoms with Crippen LogP contribution in [0.25, 0.3) is 0 Å². The van der Waals surface area contributed by atoms with Gasteiger partial charge >= 0.3 is 6.36 Å². The van der Waals surface area contributed by atoms with Crippen molar-refractivity contribution in [3.63, 3.8) is 0 Å². The van der Waals surface area contributed by atoms with E-state index >= 15 is 0 Å². The first-order valence-corrected chi connectivity index (χ1v) is 7.78. The maximum absolute atomic E-state index is 12.5. The molecule has 7 heteroatoms. The molecule has 1 N–H and O–H groups in total. The van der Waals surface area contributed by atoms with Gasteiger partial charge in [0.05, 0.1) is 0 Å². The van der Waals surface area contributed by atoms with E-state index in [1.165, 1.54) is 24.3 Å². The smallest absolute Gasteiger partial charge is 0.406 e. The molecule has 2 fully saturated rings. The summed E-state index contributed by atoms with van der Waals surface area (Å²) in [6.07, 6.45) is -2.78. The zero-order valence-electron chi connectivity index (χ0n) is 12.6. The summed E-state index contributed by atoms with van der Waals surface area (Å²) in [6.45, 7) is 3.41. The van der Waals surface area contributed by atoms with Crippen molar-refractivity contribution in [2.75, 3.05) is 26.2 Å². The van der Waals surface area contributed by atoms with Gasteiger partial charge in [-0.2, -0.15) is 0 Å². The fourth-order valence-electron chi connectivity index (χ4n) is 3.40. The number of hydrogen-bond acceptors (Lipinski definition) is 3. The summed E-state index contributed by atoms with van der Waals surface area (Å²) < 4.78 is 40.3. The summed E-state index contributed by atoms with van der Waals surface area (Å²) in [5, 5.41) is 3.38. The molecule has 2 aliphatic rings. The van der Waals surface area contributed by atoms with Gasteiger partial charge in [0.1, 0.15) is 5.75 Å². The molecule has 2 saturated heterocycles. The molecule has 1 aromatic carbocycles. The highest BCUT2D eigenvalue weighted by molar-refractivity contribution is 5.94. The first-order chi connectivity index (χ1) is 10.9. The van der Waals surface area contributed by atoms with Crippen LogP contribution in [0, 0.1) is 11.8 Å². The Balaban J connectivity index is 1.63. The van der Waals surface area contributed by atoms with E-state index in [2.05, 4.69) is 10.1 Å². The molecule has 0 aromatic heterocycles. The number of hydrogen-bond donors (Lipinski definition) is 1. The van der Waals surface area contributed by atoms with Gasteiger partial charge in [0, 0.05) is 18.7 Å². The minimum absolute atomic E-state index is 0.128. The van der Waals surface area contributed by atoms with Gasteiger partial charge < -0.3 is 15.0 Å². The van der Waals surface area contributed by atoms with Crippen LogP contribution >= 0.6 is 0 Å². The summed E-state index contributed by atoms with van der Waals surface area (Å²) >= 11 is 0. The van der Waals surface area contributed by atoms with Gasteiger partial charge in [-0.1, -0.05) is 0 Å². The lowest BCUT2D eigenvalue weighted by Gasteiger charge is -2.21. The Morgan fingerprint density at radius 1 is 1.09 bits per heavy atom. The van der Waals surface area contributed by atoms with Crippen molar-refractivity contribution in [3.05, 3.63) is 29.8 Å². The summed E-state index contributed by atoms with van der Waals surface area (Å²) in [5.41, 5.74) is 0.393. The fourth-order valence-corrected chi connectivity index (χ4v) is 3.40. The van der Waals surface area contributed by atoms with Gasteiger partial charge in [-0.05, 0) is 62.0 Å². The van der Waals surface area contributed by atoms with E-state index in [0.29, 0.717) is 30.5 Å². The number of nitrogens with one attached hydrogen (secondary N) is 1. The third-order valence-corrected chi connectivity index (χ3v) is 4.64. The van der Waals surface area contributed by atoms with E-state index in [0.717, 1.165) is 25.9 Å². The summed E-state index contributed by atoms with van der Waals surface area (Å²) in [6, 6.07) is 5.13. The van der Waals surface area contributed by atoms with E-state index in [4.69, 9.17) is 0 Å². The van der Waals surface area contributed by atoms with Crippen molar-refractivity contribution in [2.24, 2.45) is 11.8 Å². The molecule has 0 saturated carbocycles. The number of rotatable bonds is 2. The van der Waals surface area contributed by atoms with Gasteiger partial charge in [0.15, 0.2) is 0 Å². The molecule has 0 aliphatic carbocycles. The lowest BCUT2D eigenvalue weighted by Crippen LogP contribution is -2.32. The molecule has 23 heavy (non-hydrogen) atoms. The molecule has 4 nitrogen and oxygen atoms in total. The summed E-state index contributed by atoms with van der Waals surface area (Å²) in [5.74, 6) is 0.799. The molecule has 0 spiro atoms. The van der Waals surface area contributed by atoms with Crippen LogP contribution in [0.4, 0.5) is 13.2 Å². The number of carbonyl (C=O) groups is 1. The van der Waals surface area contributed by atoms with Crippen LogP contribution < -0.4 is 10.1 Å². The molecule has 2 aliphatic heterocycles. The second-order valence-electron chi connectivity index (χ2n) is 6.12. The van der Waals surface area contributed by atoms with Crippen molar-refractivity contribution < 1.29 is 22.7 Å². The highest BCUT2D eigenvalue weighted by Gasteiger charge is 2.32. The van der Waals surface area contributed by atoms with Crippen molar-refractivity contribution >= 4 is 5.91 Å². The lowest BCUT2D eigenvalue weighted by atomic mass is 9.92. The van der Waals surface area contributed by atoms with E-state index < -0.39 is 6.36 Å². The van der Waals surface area contributed by atoms with Gasteiger partial charge in [-0.3, -0.25) is 4.79 Å². The van der Waals surface area contributed by atoms with E-state index in [-0.39, 0.29) is 11.7 Å². The molecule has 1 aromatic rings. The number of fused-ring (bicyclic) bond motifs is 1. The number of nitrogens with zero attached hydrogens (tertiary/aromatic N) is 1. The first-order valence-electron chi connectivity index (χ1n) is 7.78. The van der Waals surface area contributed by atoms with E-state index in [1.807, 2.05) is 0 Å². The monoisotopic (exact) mass is 328 g/mol. The second kappa shape index (κ2) is 6.39. The Labute approximate surface area is 132 Å². The molecular weight excluding hydrogens is 309 g/mol. The highest BCUT2D eigenvalue weighted by atomic mass is 19.4. The molecule has 1 amide bonds. The summed E-state index contributed by atoms with van der Waals surface area (Å²) in [4.78, 5) is 14.3. The number of benzene rings is 1. The van der Waals surface area contributed by atoms with Gasteiger partial charge in [0.25, 0.3) is 5.91 Å². The molecule has 126 valence electrons. The third kappa shape index (κ3) is 3.96. The second-order valence-corrected chi connectivity index (χ2v) is 6.12. The van der Waals surface area contributed by atoms with Gasteiger partial charge in [0.2, 0.25) is 0 Å². The average Bonchev–Trinajstić information content (AvgIpc) is 2.84. The van der Waals surface area contributed by atoms with Crippen molar-refractivity contribution in [2.45, 2.75) is 19.2 Å². The van der Waals surface area contributed by atoms with E-state index in [1.54, 1.807) is 4.90 Å². The van der Waals surface area contributed by atoms with Crippen LogP contribution in [-0.4, -0.2) is 43.3 Å². The zero-order chi connectivity index (χ0) is 16.4. The van der Waals surface area contributed by atoms with Crippen LogP contribution in [0.1, 0.15) is 23.2 Å². The van der Waals surface area contributed by atoms with Crippen LogP contribution in [0.2, 0.25) is 0 Å². The standard InChI is InChI=1S/C16H19F3N2O2/c17-16(18,19)23-14-3-1-11(2-4-14)15(22)21-7-5-12-9-20-10-13(12)6-8-21/h1-4,12-13,20H,5-10H2/t12-,13+. The largest absolute Gasteiger partial charge is 0.573 e. The lowest BCUT2D eigenvalue weighted by molar-refractivity contribution is -0.274. The molecule has 2 heterocycles. The van der Waals surface area contributed by atoms with Crippen LogP contribution in [0.5, 0.6) is 5.75 Å². The van der Waals surface area contributed by atoms with Crippen LogP contribution in [-0.2, 0) is 0 Å². The molecule has 2 atom stereocenters. The first kappa shape index (κ1) is 16.1. The number of amides is 1. The summed E-state index contributed by atoms with van der Waals surface area (Å²) in [7, 11) is 0. The van der Waals surface area contributed by atoms with Crippen molar-refractivity contribution in [3.8, 4) is 5.75 Å². The minimum atomic E-state index is -4.72. The number of carbonyl (C=O) groups excluding carboxylic acids is 1. The predicted octanol–water partition coefficient (Wildman–Crippen LogP) is 2.66. The quantitative estimate of drug-likeness (QED) is 0.907. The third-order valence-electron chi connectivity index (χ3n) is 4.64. The average molecular weight is 328 g/mol. The van der Waals surface area contributed by atoms with Crippen LogP contribution in [0.3, 0.4) is 0 Å². The Kier molecular flexibility index (Phi) is 4.48.